The molecule has 6 heteroatoms. The highest BCUT2D eigenvalue weighted by Crippen LogP contribution is 2.35. The van der Waals surface area contributed by atoms with Crippen LogP contribution in [-0.2, 0) is 15.1 Å². The number of ether oxygens (including phenoxy) is 2. The normalized spacial score (nSPS) is 19.4. The van der Waals surface area contributed by atoms with Gasteiger partial charge in [-0.25, -0.2) is 0 Å². The lowest BCUT2D eigenvalue weighted by Crippen LogP contribution is -2.37. The molecule has 1 saturated heterocycles. The zero-order chi connectivity index (χ0) is 14.4. The molecule has 1 aliphatic rings. The number of aromatic nitrogens is 2. The average molecular weight is 279 g/mol. The van der Waals surface area contributed by atoms with Crippen molar-refractivity contribution in [1.82, 2.24) is 10.1 Å². The van der Waals surface area contributed by atoms with Gasteiger partial charge >= 0.3 is 0 Å². The molecular formula is C14H21N3O3. The highest BCUT2D eigenvalue weighted by molar-refractivity contribution is 5.05. The minimum atomic E-state index is -0.482. The van der Waals surface area contributed by atoms with Gasteiger partial charge in [0, 0.05) is 45.0 Å². The first-order valence-electron chi connectivity index (χ1n) is 7.14. The average Bonchev–Trinajstić information content (AvgIpc) is 2.96. The van der Waals surface area contributed by atoms with Gasteiger partial charge in [0.25, 0.3) is 0 Å². The lowest BCUT2D eigenvalue weighted by atomic mass is 9.93. The number of hydrogen-bond donors (Lipinski definition) is 0. The fourth-order valence-electron chi connectivity index (χ4n) is 2.43. The van der Waals surface area contributed by atoms with E-state index in [1.165, 1.54) is 0 Å². The van der Waals surface area contributed by atoms with Gasteiger partial charge in [-0.3, -0.25) is 0 Å². The molecule has 0 aromatic carbocycles. The van der Waals surface area contributed by atoms with Crippen LogP contribution in [0.15, 0.2) is 4.52 Å². The van der Waals surface area contributed by atoms with Crippen LogP contribution in [0.5, 0.6) is 0 Å². The summed E-state index contributed by atoms with van der Waals surface area (Å²) in [7, 11) is 0. The van der Waals surface area contributed by atoms with Gasteiger partial charge in [-0.15, -0.1) is 0 Å². The Bertz CT molecular complexity index is 455. The molecule has 110 valence electrons. The minimum Gasteiger partial charge on any atom is -0.381 e. The summed E-state index contributed by atoms with van der Waals surface area (Å²) >= 11 is 0. The topological polar surface area (TPSA) is 81.2 Å². The Balaban J connectivity index is 2.14. The molecule has 0 spiro atoms. The Hall–Kier alpha value is -1.45. The number of rotatable bonds is 6. The molecule has 0 N–H and O–H groups in total. The smallest absolute Gasteiger partial charge is 0.229 e. The van der Waals surface area contributed by atoms with E-state index in [0.717, 1.165) is 19.3 Å². The largest absolute Gasteiger partial charge is 0.381 e. The monoisotopic (exact) mass is 279 g/mol. The lowest BCUT2D eigenvalue weighted by Gasteiger charge is -2.33. The van der Waals surface area contributed by atoms with Crippen LogP contribution < -0.4 is 0 Å². The first-order valence-corrected chi connectivity index (χ1v) is 7.14. The molecule has 2 heterocycles. The number of nitrogens with zero attached hydrogens (tertiary/aromatic N) is 3. The van der Waals surface area contributed by atoms with Crippen molar-refractivity contribution in [3.8, 4) is 6.07 Å². The number of hydrogen-bond acceptors (Lipinski definition) is 6. The molecule has 0 amide bonds. The van der Waals surface area contributed by atoms with Crippen LogP contribution in [0.3, 0.4) is 0 Å². The molecule has 1 atom stereocenters. The molecule has 1 fully saturated rings. The van der Waals surface area contributed by atoms with Gasteiger partial charge in [-0.1, -0.05) is 12.1 Å². The maximum atomic E-state index is 8.63. The Morgan fingerprint density at radius 3 is 2.85 bits per heavy atom. The molecule has 0 aliphatic carbocycles. The van der Waals surface area contributed by atoms with Crippen LogP contribution in [0.4, 0.5) is 0 Å². The maximum absolute atomic E-state index is 8.63. The fourth-order valence-corrected chi connectivity index (χ4v) is 2.43. The van der Waals surface area contributed by atoms with E-state index < -0.39 is 5.60 Å². The first-order chi connectivity index (χ1) is 9.72. The van der Waals surface area contributed by atoms with Crippen molar-refractivity contribution in [2.75, 3.05) is 19.8 Å². The van der Waals surface area contributed by atoms with E-state index in [1.807, 2.05) is 13.8 Å². The van der Waals surface area contributed by atoms with Crippen LogP contribution in [0.25, 0.3) is 0 Å². The van der Waals surface area contributed by atoms with Crippen LogP contribution in [-0.4, -0.2) is 30.0 Å². The predicted molar refractivity (Wildman–Crippen MR) is 70.9 cm³/mol. The second kappa shape index (κ2) is 6.82. The van der Waals surface area contributed by atoms with Crippen LogP contribution in [0.2, 0.25) is 0 Å². The van der Waals surface area contributed by atoms with E-state index in [2.05, 4.69) is 16.2 Å². The molecule has 2 rings (SSSR count). The molecule has 20 heavy (non-hydrogen) atoms. The van der Waals surface area contributed by atoms with Crippen LogP contribution in [0, 0.1) is 11.3 Å². The third-order valence-electron chi connectivity index (χ3n) is 3.68. The summed E-state index contributed by atoms with van der Waals surface area (Å²) in [5.41, 5.74) is -0.482. The first kappa shape index (κ1) is 14.9. The molecular weight excluding hydrogens is 258 g/mol. The lowest BCUT2D eigenvalue weighted by molar-refractivity contribution is -0.118. The van der Waals surface area contributed by atoms with E-state index in [1.54, 1.807) is 0 Å². The van der Waals surface area contributed by atoms with Gasteiger partial charge < -0.3 is 14.0 Å². The summed E-state index contributed by atoms with van der Waals surface area (Å²) in [6, 6.07) is 2.14. The number of nitriles is 1. The molecule has 1 aliphatic heterocycles. The summed E-state index contributed by atoms with van der Waals surface area (Å²) in [5.74, 6) is 1.29. The molecule has 0 saturated carbocycles. The quantitative estimate of drug-likeness (QED) is 0.795. The van der Waals surface area contributed by atoms with Gasteiger partial charge in [0.1, 0.15) is 5.60 Å². The van der Waals surface area contributed by atoms with Crippen LogP contribution >= 0.6 is 0 Å². The van der Waals surface area contributed by atoms with Crippen molar-refractivity contribution in [2.24, 2.45) is 0 Å². The van der Waals surface area contributed by atoms with Gasteiger partial charge in [-0.2, -0.15) is 10.2 Å². The van der Waals surface area contributed by atoms with E-state index >= 15 is 0 Å². The molecule has 1 unspecified atom stereocenters. The summed E-state index contributed by atoms with van der Waals surface area (Å²) in [6.45, 7) is 5.86. The van der Waals surface area contributed by atoms with Crippen molar-refractivity contribution in [1.29, 1.82) is 5.26 Å². The minimum absolute atomic E-state index is 0.0921. The molecule has 0 bridgehead atoms. The van der Waals surface area contributed by atoms with E-state index in [0.29, 0.717) is 38.0 Å². The standard InChI is InChI=1S/C14H21N3O3/c1-3-19-14(6-9-18-10-7-14)13-16-12(20-17-13)11(2)5-4-8-15/h11H,3-7,9-10H2,1-2H3. The van der Waals surface area contributed by atoms with Crippen molar-refractivity contribution >= 4 is 0 Å². The Kier molecular flexibility index (Phi) is 5.10. The Morgan fingerprint density at radius 2 is 2.20 bits per heavy atom. The van der Waals surface area contributed by atoms with Crippen molar-refractivity contribution < 1.29 is 14.0 Å². The summed E-state index contributed by atoms with van der Waals surface area (Å²) in [6.07, 6.45) is 2.70. The summed E-state index contributed by atoms with van der Waals surface area (Å²) in [5, 5.41) is 12.7. The predicted octanol–water partition coefficient (Wildman–Crippen LogP) is 2.52. The SMILES string of the molecule is CCOC1(c2noc(C(C)CCC#N)n2)CCOCC1. The fraction of sp³-hybridized carbons (Fsp3) is 0.786. The van der Waals surface area contributed by atoms with E-state index in [4.69, 9.17) is 19.3 Å². The van der Waals surface area contributed by atoms with Gasteiger partial charge in [-0.05, 0) is 13.3 Å². The third kappa shape index (κ3) is 3.17. The van der Waals surface area contributed by atoms with Gasteiger partial charge in [0.05, 0.1) is 6.07 Å². The highest BCUT2D eigenvalue weighted by Gasteiger charge is 2.40. The molecule has 1 aromatic rings. The summed E-state index contributed by atoms with van der Waals surface area (Å²) in [4.78, 5) is 4.51. The van der Waals surface area contributed by atoms with E-state index in [-0.39, 0.29) is 5.92 Å². The Labute approximate surface area is 119 Å². The molecule has 1 aromatic heterocycles. The maximum Gasteiger partial charge on any atom is 0.229 e. The van der Waals surface area contributed by atoms with Crippen molar-refractivity contribution in [3.05, 3.63) is 11.7 Å². The van der Waals surface area contributed by atoms with Gasteiger partial charge in [0.2, 0.25) is 11.7 Å². The van der Waals surface area contributed by atoms with Crippen molar-refractivity contribution in [3.63, 3.8) is 0 Å². The van der Waals surface area contributed by atoms with Gasteiger partial charge in [0.15, 0.2) is 0 Å². The Morgan fingerprint density at radius 1 is 1.45 bits per heavy atom. The third-order valence-corrected chi connectivity index (χ3v) is 3.68. The highest BCUT2D eigenvalue weighted by atomic mass is 16.5. The zero-order valence-corrected chi connectivity index (χ0v) is 12.1. The van der Waals surface area contributed by atoms with Crippen molar-refractivity contribution in [2.45, 2.75) is 51.0 Å². The van der Waals surface area contributed by atoms with E-state index in [9.17, 15) is 0 Å². The molecule has 0 radical (unpaired) electrons. The second-order valence-electron chi connectivity index (χ2n) is 5.09. The molecule has 6 nitrogen and oxygen atoms in total. The zero-order valence-electron chi connectivity index (χ0n) is 12.1. The van der Waals surface area contributed by atoms with Crippen LogP contribution in [0.1, 0.15) is 57.2 Å². The second-order valence-corrected chi connectivity index (χ2v) is 5.09. The summed E-state index contributed by atoms with van der Waals surface area (Å²) < 4.78 is 16.7.